The fraction of sp³-hybridized carbons (Fsp3) is 0.333. The van der Waals surface area contributed by atoms with E-state index in [1.54, 1.807) is 13.3 Å². The molecule has 0 radical (unpaired) electrons. The topological polar surface area (TPSA) is 75.0 Å². The van der Waals surface area contributed by atoms with E-state index in [2.05, 4.69) is 46.3 Å². The summed E-state index contributed by atoms with van der Waals surface area (Å²) < 4.78 is 27.5. The van der Waals surface area contributed by atoms with Crippen LogP contribution in [0.5, 0.6) is 11.8 Å². The predicted octanol–water partition coefficient (Wildman–Crippen LogP) is 4.38. The van der Waals surface area contributed by atoms with Crippen molar-refractivity contribution in [1.82, 2.24) is 14.5 Å². The summed E-state index contributed by atoms with van der Waals surface area (Å²) in [5.41, 5.74) is 1.83. The molecule has 7 rings (SSSR count). The standard InChI is InChI=1S/C33H33N3O5/c1-38-26-16-14-25(15-17-26)33(23-10-4-2-5-11-23,24-12-6-3-7-13-24)39-22-27-29(35-19-8-9-20-35)30-31(40-27)36-21-18-28(37)34-32(36)41-30/h2-7,10-18,21,27,29-31H,8-9,19-20,22H2,1H3/t27-,29-,30+,31-/m1/s1. The smallest absolute Gasteiger partial charge is 0.302 e. The van der Waals surface area contributed by atoms with E-state index >= 15 is 0 Å². The van der Waals surface area contributed by atoms with Crippen molar-refractivity contribution in [2.24, 2.45) is 0 Å². The number of aromatic nitrogens is 2. The molecule has 0 saturated carbocycles. The molecular weight excluding hydrogens is 518 g/mol. The maximum absolute atomic E-state index is 11.9. The third-order valence-electron chi connectivity index (χ3n) is 8.52. The minimum atomic E-state index is -0.893. The molecule has 4 aromatic rings. The maximum atomic E-state index is 11.9. The van der Waals surface area contributed by atoms with Gasteiger partial charge in [-0.2, -0.15) is 4.98 Å². The molecule has 2 saturated heterocycles. The molecule has 8 nitrogen and oxygen atoms in total. The zero-order valence-electron chi connectivity index (χ0n) is 23.0. The minimum absolute atomic E-state index is 0.0422. The highest BCUT2D eigenvalue weighted by molar-refractivity contribution is 5.48. The summed E-state index contributed by atoms with van der Waals surface area (Å²) in [7, 11) is 1.67. The van der Waals surface area contributed by atoms with Crippen LogP contribution in [0.2, 0.25) is 0 Å². The quantitative estimate of drug-likeness (QED) is 0.301. The summed E-state index contributed by atoms with van der Waals surface area (Å²) >= 11 is 0. The Morgan fingerprint density at radius 3 is 2.15 bits per heavy atom. The van der Waals surface area contributed by atoms with E-state index in [1.807, 2.05) is 53.1 Å². The highest BCUT2D eigenvalue weighted by atomic mass is 16.6. The zero-order chi connectivity index (χ0) is 27.8. The van der Waals surface area contributed by atoms with Crippen LogP contribution in [0.4, 0.5) is 0 Å². The first-order valence-electron chi connectivity index (χ1n) is 14.2. The van der Waals surface area contributed by atoms with Crippen molar-refractivity contribution in [1.29, 1.82) is 0 Å². The molecule has 0 amide bonds. The van der Waals surface area contributed by atoms with Crippen LogP contribution in [0.3, 0.4) is 0 Å². The van der Waals surface area contributed by atoms with E-state index in [1.165, 1.54) is 6.07 Å². The highest BCUT2D eigenvalue weighted by Gasteiger charge is 2.55. The summed E-state index contributed by atoms with van der Waals surface area (Å²) in [5.74, 6) is 0.785. The van der Waals surface area contributed by atoms with Crippen LogP contribution in [-0.4, -0.2) is 59.5 Å². The number of fused-ring (bicyclic) bond motifs is 3. The van der Waals surface area contributed by atoms with Gasteiger partial charge in [-0.1, -0.05) is 72.8 Å². The Morgan fingerprint density at radius 2 is 1.51 bits per heavy atom. The third-order valence-corrected chi connectivity index (χ3v) is 8.52. The van der Waals surface area contributed by atoms with Gasteiger partial charge in [0.1, 0.15) is 17.5 Å². The summed E-state index contributed by atoms with van der Waals surface area (Å²) in [6, 6.07) is 30.5. The van der Waals surface area contributed by atoms with Gasteiger partial charge in [-0.15, -0.1) is 0 Å². The fourth-order valence-corrected chi connectivity index (χ4v) is 6.62. The van der Waals surface area contributed by atoms with Gasteiger partial charge in [0, 0.05) is 12.3 Å². The Bertz CT molecular complexity index is 1500. The van der Waals surface area contributed by atoms with E-state index < -0.39 is 5.60 Å². The van der Waals surface area contributed by atoms with E-state index in [9.17, 15) is 4.79 Å². The predicted molar refractivity (Wildman–Crippen MR) is 153 cm³/mol. The number of ether oxygens (including phenoxy) is 4. The summed E-state index contributed by atoms with van der Waals surface area (Å²) in [6.07, 6.45) is 3.07. The SMILES string of the molecule is COc1ccc(C(OC[C@H]2O[C@@H]3[C@@H](Oc4nc(=O)ccn43)[C@@H]2N2CCCC2)(c2ccccc2)c2ccccc2)cc1. The lowest BCUT2D eigenvalue weighted by atomic mass is 9.80. The Hall–Kier alpha value is -3.98. The Kier molecular flexibility index (Phi) is 6.82. The second-order valence-electron chi connectivity index (χ2n) is 10.8. The molecule has 41 heavy (non-hydrogen) atoms. The average molecular weight is 552 g/mol. The van der Waals surface area contributed by atoms with Crippen molar-refractivity contribution in [2.75, 3.05) is 26.8 Å². The van der Waals surface area contributed by atoms with Crippen LogP contribution in [0.25, 0.3) is 0 Å². The van der Waals surface area contributed by atoms with E-state index in [0.29, 0.717) is 12.6 Å². The van der Waals surface area contributed by atoms with E-state index in [4.69, 9.17) is 18.9 Å². The molecule has 0 N–H and O–H groups in total. The first-order valence-corrected chi connectivity index (χ1v) is 14.2. The normalized spacial score (nSPS) is 23.6. The molecule has 4 heterocycles. The van der Waals surface area contributed by atoms with Crippen LogP contribution in [0.1, 0.15) is 35.8 Å². The van der Waals surface area contributed by atoms with Crippen molar-refractivity contribution < 1.29 is 18.9 Å². The number of benzene rings is 3. The van der Waals surface area contributed by atoms with Crippen molar-refractivity contribution in [3.8, 4) is 11.8 Å². The molecule has 2 fully saturated rings. The molecule has 0 spiro atoms. The molecule has 0 bridgehead atoms. The Morgan fingerprint density at radius 1 is 0.878 bits per heavy atom. The average Bonchev–Trinajstić information content (AvgIpc) is 3.75. The third kappa shape index (κ3) is 4.52. The van der Waals surface area contributed by atoms with Crippen molar-refractivity contribution in [3.63, 3.8) is 0 Å². The van der Waals surface area contributed by atoms with Gasteiger partial charge in [0.05, 0.1) is 19.8 Å². The summed E-state index contributed by atoms with van der Waals surface area (Å²) in [4.78, 5) is 18.5. The van der Waals surface area contributed by atoms with Crippen LogP contribution in [-0.2, 0) is 15.1 Å². The van der Waals surface area contributed by atoms with E-state index in [0.717, 1.165) is 48.4 Å². The molecule has 3 aromatic carbocycles. The molecule has 0 aliphatic carbocycles. The lowest BCUT2D eigenvalue weighted by Crippen LogP contribution is -2.49. The molecule has 210 valence electrons. The van der Waals surface area contributed by atoms with Crippen LogP contribution < -0.4 is 15.0 Å². The lowest BCUT2D eigenvalue weighted by Gasteiger charge is -2.38. The van der Waals surface area contributed by atoms with E-state index in [-0.39, 0.29) is 30.0 Å². The molecule has 1 aromatic heterocycles. The monoisotopic (exact) mass is 551 g/mol. The largest absolute Gasteiger partial charge is 0.497 e. The molecule has 3 aliphatic rings. The maximum Gasteiger partial charge on any atom is 0.302 e. The summed E-state index contributed by atoms with van der Waals surface area (Å²) in [5, 5.41) is 0. The number of hydrogen-bond donors (Lipinski definition) is 0. The van der Waals surface area contributed by atoms with Gasteiger partial charge in [0.15, 0.2) is 12.3 Å². The summed E-state index contributed by atoms with van der Waals surface area (Å²) in [6.45, 7) is 2.27. The highest BCUT2D eigenvalue weighted by Crippen LogP contribution is 2.45. The minimum Gasteiger partial charge on any atom is -0.497 e. The first kappa shape index (κ1) is 26.0. The number of nitrogens with zero attached hydrogens (tertiary/aromatic N) is 3. The fourth-order valence-electron chi connectivity index (χ4n) is 6.62. The van der Waals surface area contributed by atoms with Gasteiger partial charge in [-0.3, -0.25) is 14.3 Å². The van der Waals surface area contributed by atoms with Crippen molar-refractivity contribution in [3.05, 3.63) is 124 Å². The van der Waals surface area contributed by atoms with Gasteiger partial charge in [-0.05, 0) is 54.8 Å². The second kappa shape index (κ2) is 10.8. The number of rotatable bonds is 8. The second-order valence-corrected chi connectivity index (χ2v) is 10.8. The van der Waals surface area contributed by atoms with Crippen LogP contribution >= 0.6 is 0 Å². The number of hydrogen-bond acceptors (Lipinski definition) is 7. The zero-order valence-corrected chi connectivity index (χ0v) is 23.0. The van der Waals surface area contributed by atoms with Gasteiger partial charge in [0.2, 0.25) is 0 Å². The number of methoxy groups -OCH3 is 1. The van der Waals surface area contributed by atoms with Crippen molar-refractivity contribution in [2.45, 2.75) is 42.9 Å². The molecular formula is C33H33N3O5. The molecule has 0 unspecified atom stereocenters. The Labute approximate surface area is 239 Å². The van der Waals surface area contributed by atoms with Gasteiger partial charge < -0.3 is 18.9 Å². The van der Waals surface area contributed by atoms with Crippen LogP contribution in [0.15, 0.2) is 102 Å². The lowest BCUT2D eigenvalue weighted by molar-refractivity contribution is -0.0862. The molecule has 8 heteroatoms. The number of likely N-dealkylation sites (tertiary alicyclic amines) is 1. The van der Waals surface area contributed by atoms with Crippen molar-refractivity contribution >= 4 is 0 Å². The Balaban J connectivity index is 1.29. The van der Waals surface area contributed by atoms with Gasteiger partial charge in [-0.25, -0.2) is 0 Å². The molecule has 4 atom stereocenters. The van der Waals surface area contributed by atoms with Gasteiger partial charge >= 0.3 is 6.01 Å². The first-order chi connectivity index (χ1) is 20.2. The molecule has 3 aliphatic heterocycles. The van der Waals surface area contributed by atoms with Gasteiger partial charge in [0.25, 0.3) is 5.56 Å². The van der Waals surface area contributed by atoms with Crippen LogP contribution in [0, 0.1) is 0 Å².